The minimum Gasteiger partial charge on any atom is -0.450 e. The maximum Gasteiger partial charge on any atom is 0.409 e. The molecule has 112 valence electrons. The number of ether oxygens (including phenoxy) is 2. The van der Waals surface area contributed by atoms with Crippen LogP contribution in [0.5, 0.6) is 0 Å². The number of nitrogens with zero attached hydrogens (tertiary/aromatic N) is 1. The second-order valence-electron chi connectivity index (χ2n) is 4.73. The molecule has 0 aliphatic heterocycles. The van der Waals surface area contributed by atoms with Crippen molar-refractivity contribution in [3.63, 3.8) is 0 Å². The molecule has 1 rings (SSSR count). The van der Waals surface area contributed by atoms with E-state index in [-0.39, 0.29) is 12.2 Å². The molecule has 0 saturated heterocycles. The minimum atomic E-state index is -0.276. The summed E-state index contributed by atoms with van der Waals surface area (Å²) in [5, 5.41) is 0. The van der Waals surface area contributed by atoms with Gasteiger partial charge in [-0.3, -0.25) is 0 Å². The van der Waals surface area contributed by atoms with Crippen LogP contribution in [0.4, 0.5) is 4.79 Å². The Balaban J connectivity index is 2.66. The number of benzene rings is 1. The van der Waals surface area contributed by atoms with Crippen molar-refractivity contribution in [3.8, 4) is 0 Å². The molecule has 1 aromatic carbocycles. The van der Waals surface area contributed by atoms with Crippen molar-refractivity contribution in [2.24, 2.45) is 0 Å². The van der Waals surface area contributed by atoms with Gasteiger partial charge in [0.25, 0.3) is 0 Å². The summed E-state index contributed by atoms with van der Waals surface area (Å²) < 4.78 is 10.6. The van der Waals surface area contributed by atoms with Gasteiger partial charge in [-0.05, 0) is 31.9 Å². The molecule has 0 spiro atoms. The molecular formula is C16H25NO3. The van der Waals surface area contributed by atoms with Gasteiger partial charge in [0, 0.05) is 20.1 Å². The van der Waals surface area contributed by atoms with E-state index in [9.17, 15) is 4.79 Å². The SMILES string of the molecule is CCOC(=O)N(CC)CC(Cc1ccccc1C)OC. The minimum absolute atomic E-state index is 0.0274. The molecule has 1 amide bonds. The summed E-state index contributed by atoms with van der Waals surface area (Å²) in [5.41, 5.74) is 2.49. The zero-order valence-electron chi connectivity index (χ0n) is 12.9. The maximum atomic E-state index is 11.8. The monoisotopic (exact) mass is 279 g/mol. The fraction of sp³-hybridized carbons (Fsp3) is 0.562. The molecule has 0 saturated carbocycles. The summed E-state index contributed by atoms with van der Waals surface area (Å²) >= 11 is 0. The summed E-state index contributed by atoms with van der Waals surface area (Å²) in [6.07, 6.45) is 0.487. The van der Waals surface area contributed by atoms with Crippen molar-refractivity contribution in [3.05, 3.63) is 35.4 Å². The van der Waals surface area contributed by atoms with Crippen LogP contribution in [-0.4, -0.2) is 43.9 Å². The van der Waals surface area contributed by atoms with Gasteiger partial charge in [0.15, 0.2) is 0 Å². The first-order chi connectivity index (χ1) is 9.62. The van der Waals surface area contributed by atoms with Crippen LogP contribution in [0.1, 0.15) is 25.0 Å². The molecule has 1 unspecified atom stereocenters. The highest BCUT2D eigenvalue weighted by molar-refractivity contribution is 5.67. The largest absolute Gasteiger partial charge is 0.450 e. The van der Waals surface area contributed by atoms with E-state index in [1.807, 2.05) is 26.0 Å². The van der Waals surface area contributed by atoms with Gasteiger partial charge in [-0.1, -0.05) is 24.3 Å². The van der Waals surface area contributed by atoms with Gasteiger partial charge in [-0.25, -0.2) is 4.79 Å². The zero-order chi connectivity index (χ0) is 15.0. The first kappa shape index (κ1) is 16.5. The van der Waals surface area contributed by atoms with Crippen molar-refractivity contribution < 1.29 is 14.3 Å². The molecule has 20 heavy (non-hydrogen) atoms. The van der Waals surface area contributed by atoms with Crippen LogP contribution in [0.2, 0.25) is 0 Å². The smallest absolute Gasteiger partial charge is 0.409 e. The van der Waals surface area contributed by atoms with Gasteiger partial charge in [-0.15, -0.1) is 0 Å². The Morgan fingerprint density at radius 1 is 1.30 bits per heavy atom. The molecule has 0 aromatic heterocycles. The van der Waals surface area contributed by atoms with Crippen molar-refractivity contribution in [2.75, 3.05) is 26.8 Å². The Morgan fingerprint density at radius 2 is 2.00 bits per heavy atom. The quantitative estimate of drug-likeness (QED) is 0.770. The number of amides is 1. The summed E-state index contributed by atoms with van der Waals surface area (Å²) in [7, 11) is 1.68. The molecule has 0 radical (unpaired) electrons. The summed E-state index contributed by atoms with van der Waals surface area (Å²) in [5.74, 6) is 0. The third-order valence-corrected chi connectivity index (χ3v) is 3.37. The fourth-order valence-electron chi connectivity index (χ4n) is 2.10. The number of carbonyl (C=O) groups is 1. The van der Waals surface area contributed by atoms with E-state index in [0.717, 1.165) is 6.42 Å². The molecule has 1 atom stereocenters. The van der Waals surface area contributed by atoms with E-state index < -0.39 is 0 Å². The van der Waals surface area contributed by atoms with Crippen LogP contribution in [0.3, 0.4) is 0 Å². The Labute approximate surface area is 121 Å². The second-order valence-corrected chi connectivity index (χ2v) is 4.73. The van der Waals surface area contributed by atoms with Gasteiger partial charge in [0.2, 0.25) is 0 Å². The number of aryl methyl sites for hydroxylation is 1. The molecule has 0 heterocycles. The number of carbonyl (C=O) groups excluding carboxylic acids is 1. The number of likely N-dealkylation sites (N-methyl/N-ethyl adjacent to an activating group) is 1. The van der Waals surface area contributed by atoms with Crippen molar-refractivity contribution in [1.29, 1.82) is 0 Å². The van der Waals surface area contributed by atoms with Gasteiger partial charge in [0.05, 0.1) is 19.3 Å². The van der Waals surface area contributed by atoms with Crippen LogP contribution in [-0.2, 0) is 15.9 Å². The predicted octanol–water partition coefficient (Wildman–Crippen LogP) is 3.03. The van der Waals surface area contributed by atoms with Crippen LogP contribution in [0.15, 0.2) is 24.3 Å². The molecule has 0 N–H and O–H groups in total. The Kier molecular flexibility index (Phi) is 7.09. The third-order valence-electron chi connectivity index (χ3n) is 3.37. The average Bonchev–Trinajstić information content (AvgIpc) is 2.45. The van der Waals surface area contributed by atoms with Gasteiger partial charge in [-0.2, -0.15) is 0 Å². The number of hydrogen-bond donors (Lipinski definition) is 0. The van der Waals surface area contributed by atoms with Crippen LogP contribution in [0, 0.1) is 6.92 Å². The average molecular weight is 279 g/mol. The van der Waals surface area contributed by atoms with E-state index in [4.69, 9.17) is 9.47 Å². The predicted molar refractivity (Wildman–Crippen MR) is 79.9 cm³/mol. The maximum absolute atomic E-state index is 11.8. The highest BCUT2D eigenvalue weighted by Gasteiger charge is 2.19. The van der Waals surface area contributed by atoms with E-state index >= 15 is 0 Å². The number of rotatable bonds is 7. The summed E-state index contributed by atoms with van der Waals surface area (Å²) in [6, 6.07) is 8.24. The van der Waals surface area contributed by atoms with Crippen molar-refractivity contribution in [1.82, 2.24) is 4.90 Å². The Bertz CT molecular complexity index is 420. The van der Waals surface area contributed by atoms with Crippen LogP contribution in [0.25, 0.3) is 0 Å². The first-order valence-electron chi connectivity index (χ1n) is 7.11. The highest BCUT2D eigenvalue weighted by Crippen LogP contribution is 2.12. The number of methoxy groups -OCH3 is 1. The molecule has 4 heteroatoms. The van der Waals surface area contributed by atoms with Gasteiger partial charge >= 0.3 is 6.09 Å². The molecule has 4 nitrogen and oxygen atoms in total. The fourth-order valence-corrected chi connectivity index (χ4v) is 2.10. The standard InChI is InChI=1S/C16H25NO3/c1-5-17(16(18)20-6-2)12-15(19-4)11-14-10-8-7-9-13(14)3/h7-10,15H,5-6,11-12H2,1-4H3. The topological polar surface area (TPSA) is 38.8 Å². The normalized spacial score (nSPS) is 12.0. The van der Waals surface area contributed by atoms with E-state index in [2.05, 4.69) is 19.1 Å². The summed E-state index contributed by atoms with van der Waals surface area (Å²) in [4.78, 5) is 13.5. The van der Waals surface area contributed by atoms with Gasteiger partial charge < -0.3 is 14.4 Å². The molecule has 0 aliphatic rings. The molecule has 0 fully saturated rings. The molecule has 0 aliphatic carbocycles. The Hall–Kier alpha value is -1.55. The lowest BCUT2D eigenvalue weighted by molar-refractivity contribution is 0.0529. The summed E-state index contributed by atoms with van der Waals surface area (Å²) in [6.45, 7) is 7.40. The first-order valence-corrected chi connectivity index (χ1v) is 7.11. The lowest BCUT2D eigenvalue weighted by atomic mass is 10.0. The lowest BCUT2D eigenvalue weighted by Crippen LogP contribution is -2.39. The van der Waals surface area contributed by atoms with Crippen molar-refractivity contribution >= 4 is 6.09 Å². The number of hydrogen-bond acceptors (Lipinski definition) is 3. The highest BCUT2D eigenvalue weighted by atomic mass is 16.6. The Morgan fingerprint density at radius 3 is 2.55 bits per heavy atom. The van der Waals surface area contributed by atoms with Crippen LogP contribution >= 0.6 is 0 Å². The lowest BCUT2D eigenvalue weighted by Gasteiger charge is -2.25. The zero-order valence-corrected chi connectivity index (χ0v) is 12.9. The molecule has 1 aromatic rings. The molecular weight excluding hydrogens is 254 g/mol. The molecule has 0 bridgehead atoms. The van der Waals surface area contributed by atoms with Crippen LogP contribution < -0.4 is 0 Å². The third kappa shape index (κ3) is 4.85. The van der Waals surface area contributed by atoms with Crippen molar-refractivity contribution in [2.45, 2.75) is 33.3 Å². The van der Waals surface area contributed by atoms with Gasteiger partial charge in [0.1, 0.15) is 0 Å². The van der Waals surface area contributed by atoms with E-state index in [1.165, 1.54) is 11.1 Å². The van der Waals surface area contributed by atoms with E-state index in [0.29, 0.717) is 19.7 Å². The second kappa shape index (κ2) is 8.59. The van der Waals surface area contributed by atoms with E-state index in [1.54, 1.807) is 12.0 Å².